The highest BCUT2D eigenvalue weighted by Crippen LogP contribution is 2.13. The minimum atomic E-state index is 0.615. The second-order valence-electron chi connectivity index (χ2n) is 3.70. The predicted octanol–water partition coefficient (Wildman–Crippen LogP) is 1.94. The Morgan fingerprint density at radius 3 is 2.43 bits per heavy atom. The van der Waals surface area contributed by atoms with E-state index < -0.39 is 0 Å². The summed E-state index contributed by atoms with van der Waals surface area (Å²) < 4.78 is 0. The first-order valence-electron chi connectivity index (χ1n) is 5.10. The van der Waals surface area contributed by atoms with Crippen molar-refractivity contribution in [2.24, 2.45) is 0 Å². The van der Waals surface area contributed by atoms with E-state index in [1.54, 1.807) is 0 Å². The molecule has 2 rings (SSSR count). The van der Waals surface area contributed by atoms with Gasteiger partial charge in [0.25, 0.3) is 0 Å². The van der Waals surface area contributed by atoms with Crippen LogP contribution in [0.1, 0.15) is 12.8 Å². The van der Waals surface area contributed by atoms with Crippen LogP contribution < -0.4 is 5.06 Å². The summed E-state index contributed by atoms with van der Waals surface area (Å²) >= 11 is 0. The van der Waals surface area contributed by atoms with Crippen molar-refractivity contribution in [3.05, 3.63) is 30.3 Å². The molecular formula is C11H16N2O. The van der Waals surface area contributed by atoms with Crippen molar-refractivity contribution in [2.75, 3.05) is 24.8 Å². The molecule has 0 bridgehead atoms. The van der Waals surface area contributed by atoms with Crippen LogP contribution in [0.25, 0.3) is 0 Å². The zero-order valence-corrected chi connectivity index (χ0v) is 8.26. The van der Waals surface area contributed by atoms with Gasteiger partial charge in [-0.05, 0) is 38.1 Å². The van der Waals surface area contributed by atoms with Crippen LogP contribution in [0.4, 0.5) is 5.69 Å². The van der Waals surface area contributed by atoms with Crippen molar-refractivity contribution in [3.8, 4) is 0 Å². The van der Waals surface area contributed by atoms with Gasteiger partial charge in [0, 0.05) is 0 Å². The Hall–Kier alpha value is -1.06. The molecule has 1 N–H and O–H groups in total. The number of anilines is 1. The third-order valence-electron chi connectivity index (χ3n) is 2.59. The third-order valence-corrected chi connectivity index (χ3v) is 2.59. The van der Waals surface area contributed by atoms with E-state index in [-0.39, 0.29) is 0 Å². The Morgan fingerprint density at radius 2 is 1.79 bits per heavy atom. The van der Waals surface area contributed by atoms with Gasteiger partial charge in [0.05, 0.1) is 12.4 Å². The highest BCUT2D eigenvalue weighted by Gasteiger charge is 2.14. The van der Waals surface area contributed by atoms with E-state index in [0.29, 0.717) is 6.67 Å². The molecule has 14 heavy (non-hydrogen) atoms. The van der Waals surface area contributed by atoms with Crippen molar-refractivity contribution in [2.45, 2.75) is 12.8 Å². The molecule has 0 unspecified atom stereocenters. The summed E-state index contributed by atoms with van der Waals surface area (Å²) in [4.78, 5) is 2.26. The van der Waals surface area contributed by atoms with Gasteiger partial charge in [0.15, 0.2) is 0 Å². The molecule has 0 radical (unpaired) electrons. The van der Waals surface area contributed by atoms with Gasteiger partial charge >= 0.3 is 0 Å². The molecule has 1 aromatic rings. The minimum Gasteiger partial charge on any atom is -0.287 e. The molecule has 1 aliphatic rings. The van der Waals surface area contributed by atoms with Gasteiger partial charge in [0.2, 0.25) is 0 Å². The van der Waals surface area contributed by atoms with E-state index in [9.17, 15) is 5.21 Å². The zero-order chi connectivity index (χ0) is 9.80. The lowest BCUT2D eigenvalue weighted by Gasteiger charge is -2.23. The molecule has 1 saturated heterocycles. The predicted molar refractivity (Wildman–Crippen MR) is 56.4 cm³/mol. The molecule has 3 heteroatoms. The van der Waals surface area contributed by atoms with E-state index >= 15 is 0 Å². The highest BCUT2D eigenvalue weighted by molar-refractivity contribution is 5.42. The summed E-state index contributed by atoms with van der Waals surface area (Å²) in [5.74, 6) is 0. The van der Waals surface area contributed by atoms with Crippen LogP contribution in [-0.2, 0) is 0 Å². The van der Waals surface area contributed by atoms with Gasteiger partial charge in [-0.2, -0.15) is 0 Å². The molecule has 1 aliphatic heterocycles. The van der Waals surface area contributed by atoms with Gasteiger partial charge in [-0.1, -0.05) is 18.2 Å². The number of hydrogen-bond donors (Lipinski definition) is 1. The third kappa shape index (κ3) is 2.25. The van der Waals surface area contributed by atoms with Crippen LogP contribution in [0.2, 0.25) is 0 Å². The molecule has 0 atom stereocenters. The van der Waals surface area contributed by atoms with Gasteiger partial charge in [0.1, 0.15) is 0 Å². The lowest BCUT2D eigenvalue weighted by Crippen LogP contribution is -2.33. The van der Waals surface area contributed by atoms with E-state index in [2.05, 4.69) is 4.90 Å². The van der Waals surface area contributed by atoms with Crippen LogP contribution in [-0.4, -0.2) is 29.9 Å². The smallest absolute Gasteiger partial charge is 0.0973 e. The number of benzene rings is 1. The van der Waals surface area contributed by atoms with Gasteiger partial charge < -0.3 is 0 Å². The normalized spacial score (nSPS) is 17.2. The molecule has 1 fully saturated rings. The minimum absolute atomic E-state index is 0.615. The first-order valence-corrected chi connectivity index (χ1v) is 5.10. The van der Waals surface area contributed by atoms with E-state index in [4.69, 9.17) is 0 Å². The number of likely N-dealkylation sites (tertiary alicyclic amines) is 1. The van der Waals surface area contributed by atoms with E-state index in [0.717, 1.165) is 18.8 Å². The maximum absolute atomic E-state index is 9.77. The maximum atomic E-state index is 9.77. The summed E-state index contributed by atoms with van der Waals surface area (Å²) in [7, 11) is 0. The van der Waals surface area contributed by atoms with Gasteiger partial charge in [-0.15, -0.1) is 0 Å². The Bertz CT molecular complexity index is 270. The molecule has 0 aromatic heterocycles. The number of rotatable bonds is 3. The van der Waals surface area contributed by atoms with Crippen LogP contribution in [0.3, 0.4) is 0 Å². The summed E-state index contributed by atoms with van der Waals surface area (Å²) in [5.41, 5.74) is 0.861. The Morgan fingerprint density at radius 1 is 1.14 bits per heavy atom. The first-order chi connectivity index (χ1) is 6.86. The molecule has 76 valence electrons. The topological polar surface area (TPSA) is 26.7 Å². The van der Waals surface area contributed by atoms with Crippen LogP contribution in [0.15, 0.2) is 30.3 Å². The maximum Gasteiger partial charge on any atom is 0.0973 e. The second-order valence-corrected chi connectivity index (χ2v) is 3.70. The van der Waals surface area contributed by atoms with Crippen molar-refractivity contribution < 1.29 is 5.21 Å². The summed E-state index contributed by atoms with van der Waals surface area (Å²) in [6.45, 7) is 2.82. The van der Waals surface area contributed by atoms with Crippen molar-refractivity contribution in [1.82, 2.24) is 4.90 Å². The average molecular weight is 192 g/mol. The molecule has 0 spiro atoms. The average Bonchev–Trinajstić information content (AvgIpc) is 2.72. The Labute approximate surface area is 84.5 Å². The molecule has 0 amide bonds. The molecule has 1 aromatic carbocycles. The number of para-hydroxylation sites is 1. The highest BCUT2D eigenvalue weighted by atomic mass is 16.5. The largest absolute Gasteiger partial charge is 0.287 e. The van der Waals surface area contributed by atoms with Gasteiger partial charge in [-0.3, -0.25) is 10.1 Å². The Kier molecular flexibility index (Phi) is 3.01. The van der Waals surface area contributed by atoms with E-state index in [1.807, 2.05) is 30.3 Å². The molecule has 0 saturated carbocycles. The van der Waals surface area contributed by atoms with E-state index in [1.165, 1.54) is 17.9 Å². The summed E-state index contributed by atoms with van der Waals surface area (Å²) in [6, 6.07) is 9.64. The number of nitrogens with zero attached hydrogens (tertiary/aromatic N) is 2. The quantitative estimate of drug-likeness (QED) is 0.741. The standard InChI is InChI=1S/C11H16N2O/c14-13(10-12-8-4-5-9-12)11-6-2-1-3-7-11/h1-3,6-7,14H,4-5,8-10H2. The Balaban J connectivity index is 1.92. The van der Waals surface area contributed by atoms with Crippen molar-refractivity contribution >= 4 is 5.69 Å². The number of hydrogen-bond acceptors (Lipinski definition) is 3. The zero-order valence-electron chi connectivity index (χ0n) is 8.26. The summed E-state index contributed by atoms with van der Waals surface area (Å²) in [5, 5.41) is 11.1. The van der Waals surface area contributed by atoms with Crippen LogP contribution >= 0.6 is 0 Å². The lowest BCUT2D eigenvalue weighted by molar-refractivity contribution is 0.184. The monoisotopic (exact) mass is 192 g/mol. The molecule has 3 nitrogen and oxygen atoms in total. The van der Waals surface area contributed by atoms with Crippen LogP contribution in [0.5, 0.6) is 0 Å². The molecular weight excluding hydrogens is 176 g/mol. The van der Waals surface area contributed by atoms with Crippen molar-refractivity contribution in [3.63, 3.8) is 0 Å². The number of hydroxylamine groups is 1. The first kappa shape index (κ1) is 9.49. The van der Waals surface area contributed by atoms with Crippen molar-refractivity contribution in [1.29, 1.82) is 0 Å². The van der Waals surface area contributed by atoms with Crippen LogP contribution in [0, 0.1) is 0 Å². The summed E-state index contributed by atoms with van der Waals surface area (Å²) in [6.07, 6.45) is 2.51. The molecule has 0 aliphatic carbocycles. The SMILES string of the molecule is ON(CN1CCCC1)c1ccccc1. The second kappa shape index (κ2) is 4.44. The fourth-order valence-electron chi connectivity index (χ4n) is 1.80. The van der Waals surface area contributed by atoms with Gasteiger partial charge in [-0.25, -0.2) is 5.06 Å². The molecule has 1 heterocycles. The fraction of sp³-hybridized carbons (Fsp3) is 0.455. The fourth-order valence-corrected chi connectivity index (χ4v) is 1.80. The lowest BCUT2D eigenvalue weighted by atomic mass is 10.3.